The van der Waals surface area contributed by atoms with Crippen molar-refractivity contribution >= 4 is 15.9 Å². The number of hydrogen-bond acceptors (Lipinski definition) is 3. The average molecular weight is 288 g/mol. The van der Waals surface area contributed by atoms with Gasteiger partial charge in [0.1, 0.15) is 18.1 Å². The largest absolute Gasteiger partial charge is 0.506 e. The summed E-state index contributed by atoms with van der Waals surface area (Å²) in [5, 5.41) is 9.18. The van der Waals surface area contributed by atoms with Gasteiger partial charge >= 0.3 is 6.18 Å². The Balaban J connectivity index is 2.80. The molecule has 0 aromatic heterocycles. The molecule has 0 spiro atoms. The second-order valence-electron chi connectivity index (χ2n) is 3.20. The molecule has 0 heterocycles. The minimum Gasteiger partial charge on any atom is -0.506 e. The summed E-state index contributed by atoms with van der Waals surface area (Å²) in [6, 6.07) is 2.34. The Kier molecular flexibility index (Phi) is 4.02. The molecule has 5 nitrogen and oxygen atoms in total. The molecule has 1 rings (SSSR count). The van der Waals surface area contributed by atoms with E-state index in [1.54, 1.807) is 4.72 Å². The lowest BCUT2D eigenvalue weighted by molar-refractivity contribution is -0.121. The van der Waals surface area contributed by atoms with Gasteiger partial charge in [0.15, 0.2) is 0 Å². The van der Waals surface area contributed by atoms with Gasteiger partial charge in [-0.25, -0.2) is 4.39 Å². The third-order valence-electron chi connectivity index (χ3n) is 1.67. The Morgan fingerprint density at radius 1 is 1.28 bits per heavy atom. The van der Waals surface area contributed by atoms with Crippen LogP contribution >= 0.6 is 0 Å². The minimum absolute atomic E-state index is 0.565. The maximum Gasteiger partial charge on any atom is 0.402 e. The predicted molar refractivity (Wildman–Crippen MR) is 54.7 cm³/mol. The van der Waals surface area contributed by atoms with E-state index in [2.05, 4.69) is 0 Å². The number of anilines is 1. The monoisotopic (exact) mass is 288 g/mol. The van der Waals surface area contributed by atoms with Gasteiger partial charge in [-0.3, -0.25) is 4.72 Å². The highest BCUT2D eigenvalue weighted by Gasteiger charge is 2.29. The van der Waals surface area contributed by atoms with E-state index in [4.69, 9.17) is 0 Å². The number of rotatable bonds is 4. The van der Waals surface area contributed by atoms with E-state index in [9.17, 15) is 31.1 Å². The van der Waals surface area contributed by atoms with Crippen LogP contribution in [0.2, 0.25) is 0 Å². The Hall–Kier alpha value is -1.55. The van der Waals surface area contributed by atoms with E-state index < -0.39 is 40.2 Å². The summed E-state index contributed by atoms with van der Waals surface area (Å²) >= 11 is 0. The van der Waals surface area contributed by atoms with Gasteiger partial charge in [-0.1, -0.05) is 0 Å². The van der Waals surface area contributed by atoms with Gasteiger partial charge in [0.05, 0.1) is 5.69 Å². The van der Waals surface area contributed by atoms with Crippen molar-refractivity contribution in [3.05, 3.63) is 24.0 Å². The van der Waals surface area contributed by atoms with Crippen molar-refractivity contribution in [3.8, 4) is 5.75 Å². The van der Waals surface area contributed by atoms with Gasteiger partial charge in [0.25, 0.3) is 10.2 Å². The Bertz CT molecular complexity index is 530. The molecule has 102 valence electrons. The average Bonchev–Trinajstić information content (AvgIpc) is 2.20. The first kappa shape index (κ1) is 14.5. The normalized spacial score (nSPS) is 12.4. The molecule has 0 unspecified atom stereocenters. The molecule has 10 heteroatoms. The fourth-order valence-corrected chi connectivity index (χ4v) is 1.83. The van der Waals surface area contributed by atoms with Crippen LogP contribution in [0.5, 0.6) is 5.75 Å². The van der Waals surface area contributed by atoms with Crippen LogP contribution in [0.4, 0.5) is 23.2 Å². The molecule has 18 heavy (non-hydrogen) atoms. The Morgan fingerprint density at radius 2 is 1.89 bits per heavy atom. The van der Waals surface area contributed by atoms with Gasteiger partial charge in [-0.15, -0.1) is 0 Å². The zero-order chi connectivity index (χ0) is 14.0. The summed E-state index contributed by atoms with van der Waals surface area (Å²) < 4.78 is 73.2. The third kappa shape index (κ3) is 4.75. The SMILES string of the molecule is O=S(=O)(NCC(F)(F)F)Nc1cc(F)ccc1O. The number of phenols is 1. The van der Waals surface area contributed by atoms with Crippen molar-refractivity contribution in [2.75, 3.05) is 11.3 Å². The number of phenolic OH excluding ortho intramolecular Hbond substituents is 1. The van der Waals surface area contributed by atoms with Gasteiger partial charge in [0, 0.05) is 6.07 Å². The summed E-state index contributed by atoms with van der Waals surface area (Å²) in [4.78, 5) is 0. The first-order valence-corrected chi connectivity index (χ1v) is 5.90. The Morgan fingerprint density at radius 3 is 2.44 bits per heavy atom. The molecule has 0 bridgehead atoms. The highest BCUT2D eigenvalue weighted by molar-refractivity contribution is 7.90. The van der Waals surface area contributed by atoms with E-state index in [-0.39, 0.29) is 0 Å². The minimum atomic E-state index is -4.72. The number of halogens is 4. The highest BCUT2D eigenvalue weighted by atomic mass is 32.2. The molecule has 1 aromatic rings. The van der Waals surface area contributed by atoms with Gasteiger partial charge in [-0.05, 0) is 12.1 Å². The number of alkyl halides is 3. The zero-order valence-corrected chi connectivity index (χ0v) is 9.44. The molecule has 3 N–H and O–H groups in total. The highest BCUT2D eigenvalue weighted by Crippen LogP contribution is 2.24. The third-order valence-corrected chi connectivity index (χ3v) is 2.68. The lowest BCUT2D eigenvalue weighted by Gasteiger charge is -2.12. The van der Waals surface area contributed by atoms with Crippen LogP contribution in [0, 0.1) is 5.82 Å². The number of benzene rings is 1. The quantitative estimate of drug-likeness (QED) is 0.578. The van der Waals surface area contributed by atoms with E-state index in [1.165, 1.54) is 4.72 Å². The van der Waals surface area contributed by atoms with E-state index >= 15 is 0 Å². The maximum absolute atomic E-state index is 12.8. The molecular formula is C8H8F4N2O3S. The van der Waals surface area contributed by atoms with Gasteiger partial charge < -0.3 is 5.11 Å². The van der Waals surface area contributed by atoms with Crippen molar-refractivity contribution in [2.45, 2.75) is 6.18 Å². The summed E-state index contributed by atoms with van der Waals surface area (Å²) in [6.45, 7) is -1.78. The van der Waals surface area contributed by atoms with Crippen molar-refractivity contribution in [2.24, 2.45) is 0 Å². The standard InChI is InChI=1S/C8H8F4N2O3S/c9-5-1-2-7(15)6(3-5)14-18(16,17)13-4-8(10,11)12/h1-3,13-15H,4H2. The molecule has 0 amide bonds. The van der Waals surface area contributed by atoms with Crippen LogP contribution in [0.3, 0.4) is 0 Å². The van der Waals surface area contributed by atoms with Crippen LogP contribution in [0.15, 0.2) is 18.2 Å². The Labute approximate surface area is 99.6 Å². The summed E-state index contributed by atoms with van der Waals surface area (Å²) in [5.74, 6) is -1.48. The first-order valence-electron chi connectivity index (χ1n) is 4.42. The molecule has 0 saturated carbocycles. The lowest BCUT2D eigenvalue weighted by atomic mass is 10.3. The molecule has 0 fully saturated rings. The number of hydrogen-bond donors (Lipinski definition) is 3. The second-order valence-corrected chi connectivity index (χ2v) is 4.70. The summed E-state index contributed by atoms with van der Waals surface area (Å²) in [5.41, 5.74) is -0.565. The van der Waals surface area contributed by atoms with Crippen molar-refractivity contribution in [1.82, 2.24) is 4.72 Å². The summed E-state index contributed by atoms with van der Waals surface area (Å²) in [7, 11) is -4.55. The van der Waals surface area contributed by atoms with E-state index in [0.29, 0.717) is 6.07 Å². The lowest BCUT2D eigenvalue weighted by Crippen LogP contribution is -2.37. The molecule has 0 aliphatic heterocycles. The smallest absolute Gasteiger partial charge is 0.402 e. The van der Waals surface area contributed by atoms with Crippen LogP contribution in [0.1, 0.15) is 0 Å². The van der Waals surface area contributed by atoms with E-state index in [0.717, 1.165) is 12.1 Å². The fraction of sp³-hybridized carbons (Fsp3) is 0.250. The molecule has 0 radical (unpaired) electrons. The maximum atomic E-state index is 12.8. The second kappa shape index (κ2) is 4.98. The van der Waals surface area contributed by atoms with Crippen molar-refractivity contribution in [3.63, 3.8) is 0 Å². The van der Waals surface area contributed by atoms with E-state index in [1.807, 2.05) is 0 Å². The number of aromatic hydroxyl groups is 1. The van der Waals surface area contributed by atoms with Crippen LogP contribution in [-0.2, 0) is 10.2 Å². The molecule has 0 saturated heterocycles. The number of nitrogens with one attached hydrogen (secondary N) is 2. The van der Waals surface area contributed by atoms with Crippen LogP contribution < -0.4 is 9.44 Å². The van der Waals surface area contributed by atoms with Gasteiger partial charge in [0.2, 0.25) is 0 Å². The topological polar surface area (TPSA) is 78.4 Å². The molecular weight excluding hydrogens is 280 g/mol. The molecule has 0 atom stereocenters. The predicted octanol–water partition coefficient (Wildman–Crippen LogP) is 1.34. The zero-order valence-electron chi connectivity index (χ0n) is 8.62. The molecule has 1 aromatic carbocycles. The van der Waals surface area contributed by atoms with Crippen molar-refractivity contribution < 1.29 is 31.1 Å². The fourth-order valence-electron chi connectivity index (χ4n) is 0.948. The first-order chi connectivity index (χ1) is 8.09. The summed E-state index contributed by atoms with van der Waals surface area (Å²) in [6.07, 6.45) is -4.72. The molecule has 0 aliphatic carbocycles. The van der Waals surface area contributed by atoms with Crippen molar-refractivity contribution in [1.29, 1.82) is 0 Å². The molecule has 0 aliphatic rings. The van der Waals surface area contributed by atoms with Crippen LogP contribution in [0.25, 0.3) is 0 Å². The van der Waals surface area contributed by atoms with Crippen LogP contribution in [-0.4, -0.2) is 26.2 Å². The van der Waals surface area contributed by atoms with Gasteiger partial charge in [-0.2, -0.15) is 26.3 Å².